The number of hydrogen-bond donors (Lipinski definition) is 1. The van der Waals surface area contributed by atoms with Crippen molar-refractivity contribution >= 4 is 5.91 Å². The highest BCUT2D eigenvalue weighted by atomic mass is 16.3. The van der Waals surface area contributed by atoms with Crippen molar-refractivity contribution in [3.8, 4) is 0 Å². The van der Waals surface area contributed by atoms with Crippen LogP contribution >= 0.6 is 0 Å². The molecule has 1 N–H and O–H groups in total. The molecule has 2 aliphatic heterocycles. The van der Waals surface area contributed by atoms with Gasteiger partial charge in [0.2, 0.25) is 5.91 Å². The lowest BCUT2D eigenvalue weighted by Gasteiger charge is -2.40. The zero-order chi connectivity index (χ0) is 16.1. The van der Waals surface area contributed by atoms with Crippen LogP contribution < -0.4 is 0 Å². The fraction of sp³-hybridized carbons (Fsp3) is 0.947. The van der Waals surface area contributed by atoms with Crippen molar-refractivity contribution < 1.29 is 9.90 Å². The Labute approximate surface area is 141 Å². The van der Waals surface area contributed by atoms with Gasteiger partial charge in [-0.2, -0.15) is 0 Å². The Kier molecular flexibility index (Phi) is 5.97. The van der Waals surface area contributed by atoms with Crippen molar-refractivity contribution in [2.75, 3.05) is 32.7 Å². The second-order valence-electron chi connectivity index (χ2n) is 8.07. The van der Waals surface area contributed by atoms with Crippen molar-refractivity contribution in [3.63, 3.8) is 0 Å². The van der Waals surface area contributed by atoms with Gasteiger partial charge in [0.05, 0.1) is 5.60 Å². The Bertz CT molecular complexity index is 377. The Morgan fingerprint density at radius 2 is 1.43 bits per heavy atom. The lowest BCUT2D eigenvalue weighted by atomic mass is 9.83. The van der Waals surface area contributed by atoms with E-state index in [-0.39, 0.29) is 5.92 Å². The SMILES string of the molecule is O=C(C1CCN(CC2(O)CCCCC2)CC1)N1CCCCCC1. The zero-order valence-electron chi connectivity index (χ0n) is 14.6. The van der Waals surface area contributed by atoms with E-state index in [1.54, 1.807) is 0 Å². The van der Waals surface area contributed by atoms with E-state index in [0.717, 1.165) is 58.4 Å². The van der Waals surface area contributed by atoms with Crippen LogP contribution in [-0.4, -0.2) is 59.1 Å². The monoisotopic (exact) mass is 322 g/mol. The predicted molar refractivity (Wildman–Crippen MR) is 92.2 cm³/mol. The second kappa shape index (κ2) is 7.98. The van der Waals surface area contributed by atoms with Crippen molar-refractivity contribution in [3.05, 3.63) is 0 Å². The minimum absolute atomic E-state index is 0.227. The van der Waals surface area contributed by atoms with Crippen LogP contribution in [0, 0.1) is 5.92 Å². The van der Waals surface area contributed by atoms with Crippen LogP contribution in [0.15, 0.2) is 0 Å². The smallest absolute Gasteiger partial charge is 0.225 e. The van der Waals surface area contributed by atoms with Crippen molar-refractivity contribution in [2.45, 2.75) is 76.2 Å². The van der Waals surface area contributed by atoms with Gasteiger partial charge in [0.25, 0.3) is 0 Å². The second-order valence-corrected chi connectivity index (χ2v) is 8.07. The highest BCUT2D eigenvalue weighted by Crippen LogP contribution is 2.30. The maximum Gasteiger partial charge on any atom is 0.225 e. The number of piperidine rings is 1. The summed E-state index contributed by atoms with van der Waals surface area (Å²) in [5.74, 6) is 0.633. The van der Waals surface area contributed by atoms with E-state index in [0.29, 0.717) is 5.91 Å². The Morgan fingerprint density at radius 3 is 2.04 bits per heavy atom. The standard InChI is InChI=1S/C19H34N2O2/c22-18(21-12-6-1-2-7-13-21)17-8-14-20(15-9-17)16-19(23)10-4-3-5-11-19/h17,23H,1-16H2. The molecular formula is C19H34N2O2. The largest absolute Gasteiger partial charge is 0.389 e. The summed E-state index contributed by atoms with van der Waals surface area (Å²) in [6.07, 6.45) is 12.4. The molecule has 2 saturated heterocycles. The summed E-state index contributed by atoms with van der Waals surface area (Å²) in [6, 6.07) is 0. The normalized spacial score (nSPS) is 27.6. The summed E-state index contributed by atoms with van der Waals surface area (Å²) < 4.78 is 0. The highest BCUT2D eigenvalue weighted by molar-refractivity contribution is 5.79. The third-order valence-electron chi connectivity index (χ3n) is 6.16. The van der Waals surface area contributed by atoms with Gasteiger partial charge in [0.1, 0.15) is 0 Å². The molecule has 132 valence electrons. The molecule has 1 saturated carbocycles. The molecule has 0 unspecified atom stereocenters. The molecule has 0 aromatic heterocycles. The molecule has 4 heteroatoms. The summed E-state index contributed by atoms with van der Waals surface area (Å²) >= 11 is 0. The maximum absolute atomic E-state index is 12.7. The predicted octanol–water partition coefficient (Wildman–Crippen LogP) is 2.80. The van der Waals surface area contributed by atoms with Gasteiger partial charge >= 0.3 is 0 Å². The number of carbonyl (C=O) groups excluding carboxylic acids is 1. The molecular weight excluding hydrogens is 288 g/mol. The van der Waals surface area contributed by atoms with Crippen LogP contribution in [0.2, 0.25) is 0 Å². The molecule has 0 aromatic rings. The van der Waals surface area contributed by atoms with Gasteiger partial charge in [-0.15, -0.1) is 0 Å². The third-order valence-corrected chi connectivity index (χ3v) is 6.16. The molecule has 3 fully saturated rings. The Balaban J connectivity index is 1.45. The van der Waals surface area contributed by atoms with E-state index in [1.807, 2.05) is 0 Å². The number of nitrogens with zero attached hydrogens (tertiary/aromatic N) is 2. The summed E-state index contributed by atoms with van der Waals surface area (Å²) in [5.41, 5.74) is -0.458. The molecule has 0 aromatic carbocycles. The number of hydrogen-bond acceptors (Lipinski definition) is 3. The molecule has 0 atom stereocenters. The molecule has 0 radical (unpaired) electrons. The van der Waals surface area contributed by atoms with Crippen LogP contribution in [0.1, 0.15) is 70.6 Å². The zero-order valence-corrected chi connectivity index (χ0v) is 14.6. The molecule has 23 heavy (non-hydrogen) atoms. The topological polar surface area (TPSA) is 43.8 Å². The minimum atomic E-state index is -0.458. The first-order valence-corrected chi connectivity index (χ1v) is 9.90. The number of β-amino-alcohol motifs (C(OH)–C–C–N with tert-alkyl or cyclic N) is 1. The average Bonchev–Trinajstić information content (AvgIpc) is 2.84. The Morgan fingerprint density at radius 1 is 0.870 bits per heavy atom. The first-order chi connectivity index (χ1) is 11.2. The van der Waals surface area contributed by atoms with Crippen molar-refractivity contribution in [2.24, 2.45) is 5.92 Å². The number of likely N-dealkylation sites (tertiary alicyclic amines) is 2. The van der Waals surface area contributed by atoms with Gasteiger partial charge in [0.15, 0.2) is 0 Å². The van der Waals surface area contributed by atoms with E-state index < -0.39 is 5.60 Å². The molecule has 0 spiro atoms. The molecule has 3 rings (SSSR count). The van der Waals surface area contributed by atoms with Crippen LogP contribution in [0.5, 0.6) is 0 Å². The quantitative estimate of drug-likeness (QED) is 0.869. The van der Waals surface area contributed by atoms with Gasteiger partial charge in [-0.05, 0) is 51.6 Å². The molecule has 2 heterocycles. The summed E-state index contributed by atoms with van der Waals surface area (Å²) in [5, 5.41) is 10.7. The van der Waals surface area contributed by atoms with Gasteiger partial charge in [-0.3, -0.25) is 4.79 Å². The minimum Gasteiger partial charge on any atom is -0.389 e. The van der Waals surface area contributed by atoms with Gasteiger partial charge in [-0.25, -0.2) is 0 Å². The molecule has 3 aliphatic rings. The van der Waals surface area contributed by atoms with Crippen LogP contribution in [0.4, 0.5) is 0 Å². The highest BCUT2D eigenvalue weighted by Gasteiger charge is 2.34. The third kappa shape index (κ3) is 4.69. The van der Waals surface area contributed by atoms with Crippen LogP contribution in [-0.2, 0) is 4.79 Å². The van der Waals surface area contributed by atoms with Crippen LogP contribution in [0.3, 0.4) is 0 Å². The van der Waals surface area contributed by atoms with Gasteiger partial charge in [0, 0.05) is 25.6 Å². The lowest BCUT2D eigenvalue weighted by Crippen LogP contribution is -2.49. The summed E-state index contributed by atoms with van der Waals surface area (Å²) in [7, 11) is 0. The molecule has 1 amide bonds. The molecule has 1 aliphatic carbocycles. The van der Waals surface area contributed by atoms with E-state index in [9.17, 15) is 9.90 Å². The molecule has 0 bridgehead atoms. The fourth-order valence-electron chi connectivity index (χ4n) is 4.67. The fourth-order valence-corrected chi connectivity index (χ4v) is 4.67. The average molecular weight is 322 g/mol. The van der Waals surface area contributed by atoms with E-state index >= 15 is 0 Å². The molecule has 4 nitrogen and oxygen atoms in total. The number of amides is 1. The first kappa shape index (κ1) is 17.2. The van der Waals surface area contributed by atoms with Crippen molar-refractivity contribution in [1.82, 2.24) is 9.80 Å². The number of aliphatic hydroxyl groups is 1. The maximum atomic E-state index is 12.7. The van der Waals surface area contributed by atoms with Gasteiger partial charge < -0.3 is 14.9 Å². The van der Waals surface area contributed by atoms with Gasteiger partial charge in [-0.1, -0.05) is 32.1 Å². The lowest BCUT2D eigenvalue weighted by molar-refractivity contribution is -0.137. The number of carbonyl (C=O) groups is 1. The Hall–Kier alpha value is -0.610. The summed E-state index contributed by atoms with van der Waals surface area (Å²) in [4.78, 5) is 17.3. The van der Waals surface area contributed by atoms with E-state index in [1.165, 1.54) is 44.9 Å². The number of rotatable bonds is 3. The van der Waals surface area contributed by atoms with Crippen LogP contribution in [0.25, 0.3) is 0 Å². The van der Waals surface area contributed by atoms with E-state index in [4.69, 9.17) is 0 Å². The van der Waals surface area contributed by atoms with E-state index in [2.05, 4.69) is 9.80 Å². The summed E-state index contributed by atoms with van der Waals surface area (Å²) in [6.45, 7) is 4.72. The first-order valence-electron chi connectivity index (χ1n) is 9.90. The van der Waals surface area contributed by atoms with Crippen molar-refractivity contribution in [1.29, 1.82) is 0 Å².